The zero-order valence-electron chi connectivity index (χ0n) is 15.5. The fourth-order valence-electron chi connectivity index (χ4n) is 3.24. The van der Waals surface area contributed by atoms with Crippen LogP contribution in [0.15, 0.2) is 34.9 Å². The fourth-order valence-corrected chi connectivity index (χ4v) is 3.70. The van der Waals surface area contributed by atoms with Crippen LogP contribution in [-0.4, -0.2) is 55.0 Å². The van der Waals surface area contributed by atoms with Crippen molar-refractivity contribution in [1.82, 2.24) is 9.47 Å². The maximum Gasteiger partial charge on any atom is 0.338 e. The average molecular weight is 455 g/mol. The molecule has 2 aromatic rings. The second-order valence-corrected chi connectivity index (χ2v) is 7.27. The van der Waals surface area contributed by atoms with Crippen LogP contribution in [-0.2, 0) is 27.3 Å². The van der Waals surface area contributed by atoms with Gasteiger partial charge in [-0.2, -0.15) is 0 Å². The Bertz CT molecular complexity index is 885. The molecule has 0 saturated carbocycles. The molecular formula is C19H20BrFN2O5. The first-order valence-electron chi connectivity index (χ1n) is 8.54. The summed E-state index contributed by atoms with van der Waals surface area (Å²) >= 11 is 3.39. The molecule has 3 rings (SSSR count). The number of halogens is 2. The summed E-state index contributed by atoms with van der Waals surface area (Å²) in [6.07, 6.45) is 1.83. The number of carbonyl (C=O) groups is 2. The van der Waals surface area contributed by atoms with Crippen LogP contribution in [0.1, 0.15) is 26.4 Å². The van der Waals surface area contributed by atoms with Crippen LogP contribution in [0.4, 0.5) is 4.39 Å². The Morgan fingerprint density at radius 2 is 2.11 bits per heavy atom. The highest BCUT2D eigenvalue weighted by Crippen LogP contribution is 2.26. The van der Waals surface area contributed by atoms with Crippen LogP contribution in [0, 0.1) is 5.82 Å². The monoisotopic (exact) mass is 454 g/mol. The Balaban J connectivity index is 1.94. The summed E-state index contributed by atoms with van der Waals surface area (Å²) in [6.45, 7) is 0.871. The Morgan fingerprint density at radius 3 is 2.82 bits per heavy atom. The summed E-state index contributed by atoms with van der Waals surface area (Å²) in [7, 11) is 2.77. The smallest absolute Gasteiger partial charge is 0.338 e. The van der Waals surface area contributed by atoms with Crippen molar-refractivity contribution in [3.8, 4) is 0 Å². The predicted molar refractivity (Wildman–Crippen MR) is 101 cm³/mol. The van der Waals surface area contributed by atoms with Crippen molar-refractivity contribution in [1.29, 1.82) is 0 Å². The molecule has 0 radical (unpaired) electrons. The van der Waals surface area contributed by atoms with E-state index in [2.05, 4.69) is 15.9 Å². The number of methoxy groups -OCH3 is 2. The summed E-state index contributed by atoms with van der Waals surface area (Å²) in [5, 5.41) is 0. The largest absolute Gasteiger partial charge is 0.465 e. The van der Waals surface area contributed by atoms with Crippen molar-refractivity contribution in [2.24, 2.45) is 0 Å². The highest BCUT2D eigenvalue weighted by atomic mass is 79.9. The Labute approximate surface area is 170 Å². The number of aromatic nitrogens is 1. The summed E-state index contributed by atoms with van der Waals surface area (Å²) in [4.78, 5) is 26.7. The zero-order chi connectivity index (χ0) is 20.3. The van der Waals surface area contributed by atoms with Crippen LogP contribution in [0.2, 0.25) is 0 Å². The summed E-state index contributed by atoms with van der Waals surface area (Å²) < 4.78 is 31.7. The number of carbonyl (C=O) groups excluding carboxylic acids is 2. The number of benzene rings is 1. The first-order chi connectivity index (χ1) is 13.4. The van der Waals surface area contributed by atoms with E-state index in [4.69, 9.17) is 14.2 Å². The number of nitrogens with zero attached hydrogens (tertiary/aromatic N) is 2. The van der Waals surface area contributed by atoms with E-state index < -0.39 is 11.8 Å². The van der Waals surface area contributed by atoms with Crippen molar-refractivity contribution >= 4 is 27.8 Å². The third-order valence-corrected chi connectivity index (χ3v) is 4.95. The van der Waals surface area contributed by atoms with E-state index in [1.807, 2.05) is 10.8 Å². The molecule has 2 heterocycles. The van der Waals surface area contributed by atoms with Gasteiger partial charge in [-0.3, -0.25) is 4.79 Å². The molecule has 0 fully saturated rings. The second-order valence-electron chi connectivity index (χ2n) is 6.35. The number of ether oxygens (including phenoxy) is 3. The third-order valence-electron chi connectivity index (χ3n) is 4.52. The molecule has 1 aromatic carbocycles. The van der Waals surface area contributed by atoms with E-state index in [1.54, 1.807) is 11.0 Å². The minimum absolute atomic E-state index is 0.0465. The number of esters is 1. The van der Waals surface area contributed by atoms with Crippen molar-refractivity contribution < 1.29 is 28.2 Å². The van der Waals surface area contributed by atoms with Gasteiger partial charge >= 0.3 is 5.97 Å². The molecule has 0 aliphatic carbocycles. The summed E-state index contributed by atoms with van der Waals surface area (Å²) in [5.74, 6) is -1.31. The van der Waals surface area contributed by atoms with Crippen LogP contribution < -0.4 is 0 Å². The normalized spacial score (nSPS) is 16.2. The van der Waals surface area contributed by atoms with Crippen molar-refractivity contribution in [3.05, 3.63) is 57.6 Å². The molecule has 0 spiro atoms. The van der Waals surface area contributed by atoms with Gasteiger partial charge in [-0.15, -0.1) is 0 Å². The van der Waals surface area contributed by atoms with Gasteiger partial charge in [0.25, 0.3) is 5.91 Å². The van der Waals surface area contributed by atoms with E-state index in [0.717, 1.165) is 4.47 Å². The zero-order valence-corrected chi connectivity index (χ0v) is 17.1. The fraction of sp³-hybridized carbons (Fsp3) is 0.368. The lowest BCUT2D eigenvalue weighted by Crippen LogP contribution is -2.49. The lowest BCUT2D eigenvalue weighted by Gasteiger charge is -2.36. The minimum Gasteiger partial charge on any atom is -0.465 e. The lowest BCUT2D eigenvalue weighted by atomic mass is 10.0. The van der Waals surface area contributed by atoms with Crippen molar-refractivity contribution in [2.75, 3.05) is 27.6 Å². The van der Waals surface area contributed by atoms with Gasteiger partial charge in [0.05, 0.1) is 25.3 Å². The van der Waals surface area contributed by atoms with Crippen LogP contribution in [0.25, 0.3) is 0 Å². The molecule has 7 nitrogen and oxygen atoms in total. The highest BCUT2D eigenvalue weighted by Gasteiger charge is 2.34. The number of hydrogen-bond donors (Lipinski definition) is 0. The van der Waals surface area contributed by atoms with Gasteiger partial charge in [0.1, 0.15) is 18.3 Å². The van der Waals surface area contributed by atoms with E-state index in [-0.39, 0.29) is 37.5 Å². The van der Waals surface area contributed by atoms with E-state index in [0.29, 0.717) is 17.8 Å². The Hall–Kier alpha value is -2.23. The molecule has 0 saturated heterocycles. The van der Waals surface area contributed by atoms with Crippen LogP contribution in [0.3, 0.4) is 0 Å². The van der Waals surface area contributed by atoms with Gasteiger partial charge in [-0.25, -0.2) is 9.18 Å². The Morgan fingerprint density at radius 1 is 1.32 bits per heavy atom. The predicted octanol–water partition coefficient (Wildman–Crippen LogP) is 2.82. The molecule has 28 heavy (non-hydrogen) atoms. The van der Waals surface area contributed by atoms with Crippen LogP contribution >= 0.6 is 15.9 Å². The molecule has 0 bridgehead atoms. The van der Waals surface area contributed by atoms with E-state index >= 15 is 0 Å². The molecule has 1 amide bonds. The first kappa shape index (κ1) is 20.5. The first-order valence-corrected chi connectivity index (χ1v) is 9.34. The standard InChI is InChI=1S/C19H20BrFN2O5/c1-26-11-28-10-15-9-22-8-13(20)6-17(22)18(24)23(15)7-12-5-14(21)3-4-16(12)19(25)27-2/h3-6,8,15H,7,9-11H2,1-2H3/t15-/m1/s1. The van der Waals surface area contributed by atoms with E-state index in [9.17, 15) is 14.0 Å². The topological polar surface area (TPSA) is 70.0 Å². The lowest BCUT2D eigenvalue weighted by molar-refractivity contribution is -0.0536. The molecule has 1 aliphatic rings. The number of rotatable bonds is 7. The van der Waals surface area contributed by atoms with Crippen molar-refractivity contribution in [3.63, 3.8) is 0 Å². The highest BCUT2D eigenvalue weighted by molar-refractivity contribution is 9.10. The molecule has 0 unspecified atom stereocenters. The van der Waals surface area contributed by atoms with Gasteiger partial charge in [0.15, 0.2) is 0 Å². The molecule has 1 aliphatic heterocycles. The maximum atomic E-state index is 13.8. The van der Waals surface area contributed by atoms with Gasteiger partial charge in [-0.05, 0) is 45.8 Å². The molecule has 1 aromatic heterocycles. The molecule has 1 atom stereocenters. The minimum atomic E-state index is -0.585. The molecule has 9 heteroatoms. The summed E-state index contributed by atoms with van der Waals surface area (Å²) in [6, 6.07) is 5.21. The SMILES string of the molecule is COCOC[C@H]1Cn2cc(Br)cc2C(=O)N1Cc1cc(F)ccc1C(=O)OC. The average Bonchev–Trinajstić information content (AvgIpc) is 3.05. The van der Waals surface area contributed by atoms with Gasteiger partial charge in [0, 0.05) is 30.9 Å². The molecule has 0 N–H and O–H groups in total. The number of amides is 1. The van der Waals surface area contributed by atoms with Gasteiger partial charge in [0.2, 0.25) is 0 Å². The third kappa shape index (κ3) is 4.26. The van der Waals surface area contributed by atoms with Gasteiger partial charge < -0.3 is 23.7 Å². The maximum absolute atomic E-state index is 13.8. The number of hydrogen-bond acceptors (Lipinski definition) is 5. The number of fused-ring (bicyclic) bond motifs is 1. The van der Waals surface area contributed by atoms with Crippen molar-refractivity contribution in [2.45, 2.75) is 19.1 Å². The van der Waals surface area contributed by atoms with Crippen LogP contribution in [0.5, 0.6) is 0 Å². The molecule has 150 valence electrons. The quantitative estimate of drug-likeness (QED) is 0.365. The van der Waals surface area contributed by atoms with Gasteiger partial charge in [-0.1, -0.05) is 0 Å². The Kier molecular flexibility index (Phi) is 6.48. The second kappa shape index (κ2) is 8.85. The molecular weight excluding hydrogens is 435 g/mol. The summed E-state index contributed by atoms with van der Waals surface area (Å²) in [5.41, 5.74) is 1.09. The van der Waals surface area contributed by atoms with E-state index in [1.165, 1.54) is 32.4 Å².